The SMILES string of the molecule is CC(C)c1ccc(-c2c(C#N)c(N)nc(SCCC(=O)Nc3ccc(F)cc3)c2C#N)cc1. The Labute approximate surface area is 196 Å². The van der Waals surface area contributed by atoms with Gasteiger partial charge in [0, 0.05) is 23.4 Å². The Kier molecular flexibility index (Phi) is 7.66. The maximum absolute atomic E-state index is 13.0. The number of hydrogen-bond acceptors (Lipinski definition) is 6. The number of nitrogen functional groups attached to an aromatic ring is 1. The number of carbonyl (C=O) groups excluding carboxylic acids is 1. The van der Waals surface area contributed by atoms with Gasteiger partial charge in [0.05, 0.1) is 5.56 Å². The first kappa shape index (κ1) is 23.8. The molecule has 0 aliphatic carbocycles. The van der Waals surface area contributed by atoms with Crippen LogP contribution in [0.4, 0.5) is 15.9 Å². The summed E-state index contributed by atoms with van der Waals surface area (Å²) in [5.74, 6) is 0.0916. The van der Waals surface area contributed by atoms with Gasteiger partial charge in [-0.3, -0.25) is 4.79 Å². The minimum Gasteiger partial charge on any atom is -0.383 e. The van der Waals surface area contributed by atoms with Crippen molar-refractivity contribution in [2.24, 2.45) is 0 Å². The third-order valence-corrected chi connectivity index (χ3v) is 5.95. The fourth-order valence-corrected chi connectivity index (χ4v) is 4.16. The normalized spacial score (nSPS) is 10.5. The second-order valence-corrected chi connectivity index (χ2v) is 8.66. The standard InChI is InChI=1S/C25H22FN5OS/c1-15(2)16-3-5-17(6-4-16)23-20(13-27)24(29)31-25(21(23)14-28)33-12-11-22(32)30-19-9-7-18(26)8-10-19/h3-10,15H,11-12H2,1-2H3,(H2,29,31)(H,30,32). The molecule has 33 heavy (non-hydrogen) atoms. The number of halogens is 1. The molecule has 0 bridgehead atoms. The van der Waals surface area contributed by atoms with Crippen LogP contribution in [0.2, 0.25) is 0 Å². The number of benzene rings is 2. The Morgan fingerprint density at radius 3 is 2.30 bits per heavy atom. The van der Waals surface area contributed by atoms with Gasteiger partial charge >= 0.3 is 0 Å². The zero-order valence-electron chi connectivity index (χ0n) is 18.2. The van der Waals surface area contributed by atoms with Crippen LogP contribution >= 0.6 is 11.8 Å². The van der Waals surface area contributed by atoms with Crippen molar-refractivity contribution in [3.63, 3.8) is 0 Å². The molecular formula is C25H22FN5OS. The summed E-state index contributed by atoms with van der Waals surface area (Å²) in [7, 11) is 0. The predicted octanol–water partition coefficient (Wildman–Crippen LogP) is 5.46. The van der Waals surface area contributed by atoms with Gasteiger partial charge in [0.25, 0.3) is 0 Å². The lowest BCUT2D eigenvalue weighted by Gasteiger charge is -2.14. The molecule has 3 rings (SSSR count). The summed E-state index contributed by atoms with van der Waals surface area (Å²) in [6.07, 6.45) is 0.146. The van der Waals surface area contributed by atoms with Crippen molar-refractivity contribution in [2.75, 3.05) is 16.8 Å². The van der Waals surface area contributed by atoms with E-state index in [2.05, 4.69) is 36.3 Å². The molecule has 0 aliphatic rings. The highest BCUT2D eigenvalue weighted by atomic mass is 32.2. The first-order valence-corrected chi connectivity index (χ1v) is 11.2. The zero-order valence-corrected chi connectivity index (χ0v) is 19.0. The van der Waals surface area contributed by atoms with Crippen LogP contribution in [0.5, 0.6) is 0 Å². The molecule has 0 fully saturated rings. The molecule has 1 aromatic heterocycles. The van der Waals surface area contributed by atoms with Gasteiger partial charge in [-0.15, -0.1) is 11.8 Å². The number of rotatable bonds is 7. The summed E-state index contributed by atoms with van der Waals surface area (Å²) in [6, 6.07) is 17.4. The minimum atomic E-state index is -0.383. The quantitative estimate of drug-likeness (QED) is 0.454. The van der Waals surface area contributed by atoms with E-state index in [1.807, 2.05) is 24.3 Å². The summed E-state index contributed by atoms with van der Waals surface area (Å²) in [4.78, 5) is 16.5. The van der Waals surface area contributed by atoms with E-state index < -0.39 is 0 Å². The number of nitriles is 2. The lowest BCUT2D eigenvalue weighted by molar-refractivity contribution is -0.115. The Morgan fingerprint density at radius 1 is 1.09 bits per heavy atom. The second kappa shape index (κ2) is 10.6. The lowest BCUT2D eigenvalue weighted by Crippen LogP contribution is -2.12. The monoisotopic (exact) mass is 459 g/mol. The van der Waals surface area contributed by atoms with Crippen LogP contribution in [0.25, 0.3) is 11.1 Å². The van der Waals surface area contributed by atoms with Crippen molar-refractivity contribution in [3.05, 3.63) is 71.0 Å². The molecule has 0 saturated heterocycles. The van der Waals surface area contributed by atoms with Gasteiger partial charge in [-0.05, 0) is 41.3 Å². The second-order valence-electron chi connectivity index (χ2n) is 7.58. The van der Waals surface area contributed by atoms with Gasteiger partial charge < -0.3 is 11.1 Å². The zero-order chi connectivity index (χ0) is 24.0. The largest absolute Gasteiger partial charge is 0.383 e. The van der Waals surface area contributed by atoms with Gasteiger partial charge in [-0.2, -0.15) is 10.5 Å². The van der Waals surface area contributed by atoms with Crippen LogP contribution in [0.1, 0.15) is 42.9 Å². The number of nitrogens with one attached hydrogen (secondary N) is 1. The number of hydrogen-bond donors (Lipinski definition) is 2. The molecule has 1 amide bonds. The number of nitrogens with zero attached hydrogens (tertiary/aromatic N) is 3. The highest BCUT2D eigenvalue weighted by Gasteiger charge is 2.21. The van der Waals surface area contributed by atoms with Gasteiger partial charge in [0.2, 0.25) is 5.91 Å². The van der Waals surface area contributed by atoms with E-state index in [1.54, 1.807) is 0 Å². The van der Waals surface area contributed by atoms with Gasteiger partial charge in [0.15, 0.2) is 0 Å². The third kappa shape index (κ3) is 5.68. The average Bonchev–Trinajstić information content (AvgIpc) is 2.80. The van der Waals surface area contributed by atoms with Crippen LogP contribution in [-0.4, -0.2) is 16.6 Å². The molecule has 6 nitrogen and oxygen atoms in total. The van der Waals surface area contributed by atoms with E-state index in [0.717, 1.165) is 5.56 Å². The van der Waals surface area contributed by atoms with Crippen molar-refractivity contribution in [3.8, 4) is 23.3 Å². The molecule has 166 valence electrons. The molecule has 0 unspecified atom stereocenters. The Bertz CT molecular complexity index is 1240. The number of carbonyl (C=O) groups is 1. The number of anilines is 2. The highest BCUT2D eigenvalue weighted by Crippen LogP contribution is 2.36. The van der Waals surface area contributed by atoms with E-state index in [-0.39, 0.29) is 35.1 Å². The molecule has 2 aromatic carbocycles. The van der Waals surface area contributed by atoms with Crippen molar-refractivity contribution < 1.29 is 9.18 Å². The van der Waals surface area contributed by atoms with Crippen molar-refractivity contribution in [1.29, 1.82) is 10.5 Å². The van der Waals surface area contributed by atoms with E-state index in [9.17, 15) is 19.7 Å². The Morgan fingerprint density at radius 2 is 1.73 bits per heavy atom. The molecule has 1 heterocycles. The maximum atomic E-state index is 13.0. The maximum Gasteiger partial charge on any atom is 0.225 e. The first-order valence-electron chi connectivity index (χ1n) is 10.3. The van der Waals surface area contributed by atoms with Crippen molar-refractivity contribution in [2.45, 2.75) is 31.2 Å². The predicted molar refractivity (Wildman–Crippen MR) is 128 cm³/mol. The van der Waals surface area contributed by atoms with Crippen LogP contribution in [-0.2, 0) is 4.79 Å². The number of pyridine rings is 1. The first-order chi connectivity index (χ1) is 15.8. The van der Waals surface area contributed by atoms with Crippen LogP contribution in [0, 0.1) is 28.5 Å². The number of amides is 1. The summed E-state index contributed by atoms with van der Waals surface area (Å²) < 4.78 is 13.0. The summed E-state index contributed by atoms with van der Waals surface area (Å²) in [5, 5.41) is 22.6. The van der Waals surface area contributed by atoms with Crippen LogP contribution in [0.15, 0.2) is 53.6 Å². The van der Waals surface area contributed by atoms with Crippen molar-refractivity contribution in [1.82, 2.24) is 4.98 Å². The van der Waals surface area contributed by atoms with Crippen LogP contribution in [0.3, 0.4) is 0 Å². The van der Waals surface area contributed by atoms with E-state index >= 15 is 0 Å². The van der Waals surface area contributed by atoms with E-state index in [1.165, 1.54) is 36.0 Å². The summed E-state index contributed by atoms with van der Waals surface area (Å²) in [5.41, 5.74) is 9.25. The fraction of sp³-hybridized carbons (Fsp3) is 0.200. The topological polar surface area (TPSA) is 116 Å². The van der Waals surface area contributed by atoms with Crippen molar-refractivity contribution >= 4 is 29.2 Å². The molecule has 0 atom stereocenters. The Balaban J connectivity index is 1.82. The van der Waals surface area contributed by atoms with Gasteiger partial charge in [0.1, 0.15) is 34.4 Å². The third-order valence-electron chi connectivity index (χ3n) is 4.98. The molecule has 0 radical (unpaired) electrons. The molecule has 3 aromatic rings. The molecular weight excluding hydrogens is 437 g/mol. The molecule has 0 saturated carbocycles. The van der Waals surface area contributed by atoms with Crippen LogP contribution < -0.4 is 11.1 Å². The van der Waals surface area contributed by atoms with Gasteiger partial charge in [-0.25, -0.2) is 9.37 Å². The molecule has 0 aliphatic heterocycles. The number of aromatic nitrogens is 1. The molecule has 0 spiro atoms. The molecule has 8 heteroatoms. The van der Waals surface area contributed by atoms with E-state index in [0.29, 0.717) is 33.5 Å². The lowest BCUT2D eigenvalue weighted by atomic mass is 9.94. The van der Waals surface area contributed by atoms with Gasteiger partial charge in [-0.1, -0.05) is 38.1 Å². The number of thioether (sulfide) groups is 1. The Hall–Kier alpha value is -3.88. The fourth-order valence-electron chi connectivity index (χ4n) is 3.22. The number of nitrogens with two attached hydrogens (primary N) is 1. The summed E-state index contributed by atoms with van der Waals surface area (Å²) in [6.45, 7) is 4.17. The minimum absolute atomic E-state index is 0.0395. The average molecular weight is 460 g/mol. The molecule has 3 N–H and O–H groups in total. The highest BCUT2D eigenvalue weighted by molar-refractivity contribution is 7.99. The summed E-state index contributed by atoms with van der Waals surface area (Å²) >= 11 is 1.22. The van der Waals surface area contributed by atoms with E-state index in [4.69, 9.17) is 5.73 Å². The smallest absolute Gasteiger partial charge is 0.225 e.